The molecule has 1 aromatic rings. The van der Waals surface area contributed by atoms with Gasteiger partial charge in [0.2, 0.25) is 5.91 Å². The summed E-state index contributed by atoms with van der Waals surface area (Å²) < 4.78 is 1.61. The number of likely N-dealkylation sites (tertiary alicyclic amines) is 1. The maximum absolute atomic E-state index is 11.9. The van der Waals surface area contributed by atoms with Crippen LogP contribution in [0, 0.1) is 11.8 Å². The lowest BCUT2D eigenvalue weighted by molar-refractivity contribution is -0.127. The molecule has 1 saturated heterocycles. The second-order valence-corrected chi connectivity index (χ2v) is 5.90. The van der Waals surface area contributed by atoms with Gasteiger partial charge in [-0.05, 0) is 24.3 Å². The molecule has 1 aromatic heterocycles. The standard InChI is InChI=1S/C15H23N3O2/c1-11(2)12-8-15(20)17(9-12)6-3-7-18-10-13(16)4-5-14(18)19/h4-5,10-12H,3,6-9,16H2,1-2H3. The molecule has 2 N–H and O–H groups in total. The molecule has 1 atom stereocenters. The highest BCUT2D eigenvalue weighted by Crippen LogP contribution is 2.24. The maximum Gasteiger partial charge on any atom is 0.250 e. The Morgan fingerprint density at radius 3 is 2.70 bits per heavy atom. The van der Waals surface area contributed by atoms with Crippen LogP contribution in [0.25, 0.3) is 0 Å². The zero-order valence-electron chi connectivity index (χ0n) is 12.2. The van der Waals surface area contributed by atoms with Crippen molar-refractivity contribution in [3.63, 3.8) is 0 Å². The molecule has 0 bridgehead atoms. The van der Waals surface area contributed by atoms with Gasteiger partial charge in [0.1, 0.15) is 0 Å². The smallest absolute Gasteiger partial charge is 0.250 e. The fourth-order valence-electron chi connectivity index (χ4n) is 2.62. The van der Waals surface area contributed by atoms with E-state index in [4.69, 9.17) is 5.73 Å². The maximum atomic E-state index is 11.9. The molecule has 0 aliphatic carbocycles. The van der Waals surface area contributed by atoms with Crippen molar-refractivity contribution >= 4 is 11.6 Å². The Balaban J connectivity index is 1.86. The van der Waals surface area contributed by atoms with E-state index in [9.17, 15) is 9.59 Å². The number of aromatic nitrogens is 1. The summed E-state index contributed by atoms with van der Waals surface area (Å²) in [6.45, 7) is 6.48. The number of carbonyl (C=O) groups is 1. The lowest BCUT2D eigenvalue weighted by atomic mass is 9.95. The van der Waals surface area contributed by atoms with Crippen LogP contribution in [0.15, 0.2) is 23.1 Å². The Bertz CT molecular complexity index is 536. The molecule has 1 unspecified atom stereocenters. The van der Waals surface area contributed by atoms with Crippen LogP contribution in [0.1, 0.15) is 26.7 Å². The minimum atomic E-state index is -0.0491. The molecular formula is C15H23N3O2. The van der Waals surface area contributed by atoms with Crippen LogP contribution in [0.4, 0.5) is 5.69 Å². The third-order valence-corrected chi connectivity index (χ3v) is 4.02. The lowest BCUT2D eigenvalue weighted by Crippen LogP contribution is -2.28. The highest BCUT2D eigenvalue weighted by atomic mass is 16.2. The lowest BCUT2D eigenvalue weighted by Gasteiger charge is -2.18. The minimum absolute atomic E-state index is 0.0491. The summed E-state index contributed by atoms with van der Waals surface area (Å²) in [6.07, 6.45) is 3.10. The Labute approximate surface area is 119 Å². The molecule has 20 heavy (non-hydrogen) atoms. The van der Waals surface area contributed by atoms with Gasteiger partial charge in [0.25, 0.3) is 5.56 Å². The molecule has 0 aromatic carbocycles. The highest BCUT2D eigenvalue weighted by molar-refractivity contribution is 5.78. The Kier molecular flexibility index (Phi) is 4.47. The third-order valence-electron chi connectivity index (χ3n) is 4.02. The van der Waals surface area contributed by atoms with Gasteiger partial charge in [0.05, 0.1) is 0 Å². The van der Waals surface area contributed by atoms with E-state index >= 15 is 0 Å². The number of rotatable bonds is 5. The summed E-state index contributed by atoms with van der Waals surface area (Å²) in [4.78, 5) is 25.4. The van der Waals surface area contributed by atoms with Gasteiger partial charge >= 0.3 is 0 Å². The van der Waals surface area contributed by atoms with Crippen molar-refractivity contribution in [2.45, 2.75) is 33.2 Å². The van der Waals surface area contributed by atoms with Crippen molar-refractivity contribution in [1.82, 2.24) is 9.47 Å². The van der Waals surface area contributed by atoms with E-state index in [1.165, 1.54) is 6.07 Å². The average Bonchev–Trinajstić information content (AvgIpc) is 2.76. The van der Waals surface area contributed by atoms with E-state index in [0.717, 1.165) is 13.0 Å². The van der Waals surface area contributed by atoms with Crippen LogP contribution in [-0.4, -0.2) is 28.5 Å². The number of nitrogens with zero attached hydrogens (tertiary/aromatic N) is 2. The van der Waals surface area contributed by atoms with Crippen molar-refractivity contribution in [3.8, 4) is 0 Å². The van der Waals surface area contributed by atoms with E-state index in [1.807, 2.05) is 4.90 Å². The Morgan fingerprint density at radius 1 is 1.30 bits per heavy atom. The quantitative estimate of drug-likeness (QED) is 0.882. The van der Waals surface area contributed by atoms with Crippen LogP contribution < -0.4 is 11.3 Å². The number of pyridine rings is 1. The second kappa shape index (κ2) is 6.11. The molecule has 2 rings (SSSR count). The molecule has 1 aliphatic heterocycles. The second-order valence-electron chi connectivity index (χ2n) is 5.90. The van der Waals surface area contributed by atoms with Crippen LogP contribution in [-0.2, 0) is 11.3 Å². The average molecular weight is 277 g/mol. The fourth-order valence-corrected chi connectivity index (χ4v) is 2.62. The molecule has 1 aliphatic rings. The van der Waals surface area contributed by atoms with Gasteiger partial charge < -0.3 is 15.2 Å². The number of nitrogen functional groups attached to an aromatic ring is 1. The first-order valence-corrected chi connectivity index (χ1v) is 7.21. The van der Waals surface area contributed by atoms with Crippen molar-refractivity contribution in [2.24, 2.45) is 11.8 Å². The zero-order chi connectivity index (χ0) is 14.7. The molecule has 1 fully saturated rings. The number of nitrogens with two attached hydrogens (primary N) is 1. The summed E-state index contributed by atoms with van der Waals surface area (Å²) in [5.41, 5.74) is 6.21. The third kappa shape index (κ3) is 3.40. The number of aryl methyl sites for hydroxylation is 1. The first-order valence-electron chi connectivity index (χ1n) is 7.21. The monoisotopic (exact) mass is 277 g/mol. The first-order chi connectivity index (χ1) is 9.47. The van der Waals surface area contributed by atoms with E-state index in [2.05, 4.69) is 13.8 Å². The molecular weight excluding hydrogens is 254 g/mol. The summed E-state index contributed by atoms with van der Waals surface area (Å²) in [6, 6.07) is 3.08. The molecule has 110 valence electrons. The van der Waals surface area contributed by atoms with Crippen molar-refractivity contribution in [2.75, 3.05) is 18.8 Å². The predicted octanol–water partition coefficient (Wildman–Crippen LogP) is 1.33. The van der Waals surface area contributed by atoms with Crippen LogP contribution >= 0.6 is 0 Å². The van der Waals surface area contributed by atoms with Gasteiger partial charge in [-0.3, -0.25) is 9.59 Å². The minimum Gasteiger partial charge on any atom is -0.398 e. The number of carbonyl (C=O) groups excluding carboxylic acids is 1. The van der Waals surface area contributed by atoms with Crippen molar-refractivity contribution < 1.29 is 4.79 Å². The molecule has 2 heterocycles. The molecule has 1 amide bonds. The largest absolute Gasteiger partial charge is 0.398 e. The summed E-state index contributed by atoms with van der Waals surface area (Å²) in [5, 5.41) is 0. The number of anilines is 1. The van der Waals surface area contributed by atoms with E-state index < -0.39 is 0 Å². The normalized spacial score (nSPS) is 19.1. The van der Waals surface area contributed by atoms with E-state index in [1.54, 1.807) is 16.8 Å². The summed E-state index contributed by atoms with van der Waals surface area (Å²) in [7, 11) is 0. The highest BCUT2D eigenvalue weighted by Gasteiger charge is 2.30. The topological polar surface area (TPSA) is 68.3 Å². The molecule has 0 spiro atoms. The van der Waals surface area contributed by atoms with Crippen molar-refractivity contribution in [3.05, 3.63) is 28.7 Å². The van der Waals surface area contributed by atoms with Gasteiger partial charge in [-0.15, -0.1) is 0 Å². The number of hydrogen-bond acceptors (Lipinski definition) is 3. The first kappa shape index (κ1) is 14.6. The van der Waals surface area contributed by atoms with Gasteiger partial charge in [0.15, 0.2) is 0 Å². The zero-order valence-corrected chi connectivity index (χ0v) is 12.2. The number of amides is 1. The fraction of sp³-hybridized carbons (Fsp3) is 0.600. The van der Waals surface area contributed by atoms with Gasteiger partial charge in [-0.1, -0.05) is 13.8 Å². The summed E-state index contributed by atoms with van der Waals surface area (Å²) in [5.74, 6) is 1.25. The summed E-state index contributed by atoms with van der Waals surface area (Å²) >= 11 is 0. The van der Waals surface area contributed by atoms with Gasteiger partial charge in [0, 0.05) is 44.0 Å². The van der Waals surface area contributed by atoms with Crippen LogP contribution in [0.5, 0.6) is 0 Å². The van der Waals surface area contributed by atoms with Gasteiger partial charge in [-0.2, -0.15) is 0 Å². The Morgan fingerprint density at radius 2 is 2.05 bits per heavy atom. The SMILES string of the molecule is CC(C)C1CC(=O)N(CCCn2cc(N)ccc2=O)C1. The molecule has 5 heteroatoms. The van der Waals surface area contributed by atoms with E-state index in [0.29, 0.717) is 37.0 Å². The molecule has 5 nitrogen and oxygen atoms in total. The van der Waals surface area contributed by atoms with Gasteiger partial charge in [-0.25, -0.2) is 0 Å². The van der Waals surface area contributed by atoms with E-state index in [-0.39, 0.29) is 11.5 Å². The number of hydrogen-bond donors (Lipinski definition) is 1. The van der Waals surface area contributed by atoms with Crippen LogP contribution in [0.3, 0.4) is 0 Å². The Hall–Kier alpha value is -1.78. The predicted molar refractivity (Wildman–Crippen MR) is 79.3 cm³/mol. The van der Waals surface area contributed by atoms with Crippen molar-refractivity contribution in [1.29, 1.82) is 0 Å². The molecule has 0 saturated carbocycles. The van der Waals surface area contributed by atoms with Crippen LogP contribution in [0.2, 0.25) is 0 Å². The molecule has 0 radical (unpaired) electrons.